The molecule has 0 spiro atoms. The molecule has 0 unspecified atom stereocenters. The van der Waals surface area contributed by atoms with Crippen LogP contribution in [0, 0.1) is 5.92 Å². The standard InChI is InChI=1S/C20H32N4O.HI/c1-4-21-20(24-17-8-6-5-7-9-17)22-14-16-10-12-18(13-11-16)23-19(25)15(2)3;/h10-13,15,17H,4-9,14H2,1-3H3,(H,23,25)(H2,21,22,24);1H. The molecule has 1 aliphatic carbocycles. The summed E-state index contributed by atoms with van der Waals surface area (Å²) in [7, 11) is 0. The molecule has 0 heterocycles. The van der Waals surface area contributed by atoms with Gasteiger partial charge in [0, 0.05) is 24.2 Å². The van der Waals surface area contributed by atoms with Gasteiger partial charge in [-0.3, -0.25) is 4.79 Å². The number of carbonyl (C=O) groups is 1. The van der Waals surface area contributed by atoms with E-state index in [0.717, 1.165) is 23.8 Å². The molecule has 6 heteroatoms. The number of nitrogens with zero attached hydrogens (tertiary/aromatic N) is 1. The van der Waals surface area contributed by atoms with Gasteiger partial charge in [-0.25, -0.2) is 4.99 Å². The van der Waals surface area contributed by atoms with Gasteiger partial charge in [-0.1, -0.05) is 45.2 Å². The molecule has 1 aliphatic rings. The van der Waals surface area contributed by atoms with E-state index in [1.807, 2.05) is 38.1 Å². The van der Waals surface area contributed by atoms with E-state index in [2.05, 4.69) is 22.9 Å². The summed E-state index contributed by atoms with van der Waals surface area (Å²) in [4.78, 5) is 16.4. The first-order chi connectivity index (χ1) is 12.1. The van der Waals surface area contributed by atoms with Gasteiger partial charge in [-0.2, -0.15) is 0 Å². The number of guanidine groups is 1. The Morgan fingerprint density at radius 3 is 2.38 bits per heavy atom. The van der Waals surface area contributed by atoms with Crippen LogP contribution in [0.5, 0.6) is 0 Å². The quantitative estimate of drug-likeness (QED) is 0.329. The van der Waals surface area contributed by atoms with Crippen LogP contribution in [0.2, 0.25) is 0 Å². The van der Waals surface area contributed by atoms with Crippen molar-refractivity contribution in [2.24, 2.45) is 10.9 Å². The molecule has 146 valence electrons. The molecule has 1 aromatic carbocycles. The second kappa shape index (κ2) is 12.1. The number of hydrogen-bond acceptors (Lipinski definition) is 2. The second-order valence-electron chi connectivity index (χ2n) is 7.02. The van der Waals surface area contributed by atoms with Crippen molar-refractivity contribution >= 4 is 41.5 Å². The zero-order chi connectivity index (χ0) is 18.1. The summed E-state index contributed by atoms with van der Waals surface area (Å²) in [6.45, 7) is 7.35. The molecule has 1 aromatic rings. The molecule has 0 aromatic heterocycles. The number of benzene rings is 1. The van der Waals surface area contributed by atoms with E-state index in [1.165, 1.54) is 32.1 Å². The Morgan fingerprint density at radius 2 is 1.81 bits per heavy atom. The van der Waals surface area contributed by atoms with Crippen LogP contribution in [0.3, 0.4) is 0 Å². The van der Waals surface area contributed by atoms with Crippen molar-refractivity contribution in [1.29, 1.82) is 0 Å². The molecule has 2 rings (SSSR count). The van der Waals surface area contributed by atoms with E-state index >= 15 is 0 Å². The van der Waals surface area contributed by atoms with Crippen molar-refractivity contribution in [2.45, 2.75) is 65.5 Å². The van der Waals surface area contributed by atoms with Crippen molar-refractivity contribution in [3.05, 3.63) is 29.8 Å². The molecule has 0 aliphatic heterocycles. The first kappa shape index (κ1) is 22.7. The minimum Gasteiger partial charge on any atom is -0.357 e. The van der Waals surface area contributed by atoms with Crippen molar-refractivity contribution in [1.82, 2.24) is 10.6 Å². The van der Waals surface area contributed by atoms with E-state index in [1.54, 1.807) is 0 Å². The van der Waals surface area contributed by atoms with Crippen LogP contribution in [0.4, 0.5) is 5.69 Å². The number of anilines is 1. The molecule has 1 saturated carbocycles. The van der Waals surface area contributed by atoms with Gasteiger partial charge in [-0.15, -0.1) is 24.0 Å². The Morgan fingerprint density at radius 1 is 1.15 bits per heavy atom. The number of aliphatic imine (C=N–C) groups is 1. The van der Waals surface area contributed by atoms with E-state index in [0.29, 0.717) is 12.6 Å². The number of nitrogens with one attached hydrogen (secondary N) is 3. The van der Waals surface area contributed by atoms with Crippen molar-refractivity contribution in [3.63, 3.8) is 0 Å². The second-order valence-corrected chi connectivity index (χ2v) is 7.02. The lowest BCUT2D eigenvalue weighted by molar-refractivity contribution is -0.118. The Bertz CT molecular complexity index is 566. The molecule has 1 fully saturated rings. The lowest BCUT2D eigenvalue weighted by atomic mass is 9.96. The van der Waals surface area contributed by atoms with E-state index in [-0.39, 0.29) is 35.8 Å². The molecule has 0 bridgehead atoms. The third-order valence-corrected chi connectivity index (χ3v) is 4.46. The third-order valence-electron chi connectivity index (χ3n) is 4.46. The van der Waals surface area contributed by atoms with Gasteiger partial charge in [0.05, 0.1) is 6.54 Å². The SMILES string of the molecule is CCNC(=NCc1ccc(NC(=O)C(C)C)cc1)NC1CCCCC1.I. The van der Waals surface area contributed by atoms with Gasteiger partial charge in [-0.05, 0) is 37.5 Å². The lowest BCUT2D eigenvalue weighted by Crippen LogP contribution is -2.44. The Hall–Kier alpha value is -1.31. The van der Waals surface area contributed by atoms with E-state index in [9.17, 15) is 4.79 Å². The number of amides is 1. The molecular weight excluding hydrogens is 439 g/mol. The predicted molar refractivity (Wildman–Crippen MR) is 120 cm³/mol. The van der Waals surface area contributed by atoms with Gasteiger partial charge in [0.25, 0.3) is 0 Å². The van der Waals surface area contributed by atoms with Crippen molar-refractivity contribution in [2.75, 3.05) is 11.9 Å². The summed E-state index contributed by atoms with van der Waals surface area (Å²) >= 11 is 0. The Kier molecular flexibility index (Phi) is 10.6. The van der Waals surface area contributed by atoms with E-state index < -0.39 is 0 Å². The zero-order valence-electron chi connectivity index (χ0n) is 16.2. The summed E-state index contributed by atoms with van der Waals surface area (Å²) in [5.41, 5.74) is 1.96. The van der Waals surface area contributed by atoms with Gasteiger partial charge >= 0.3 is 0 Å². The highest BCUT2D eigenvalue weighted by molar-refractivity contribution is 14.0. The predicted octanol–water partition coefficient (Wildman–Crippen LogP) is 4.29. The summed E-state index contributed by atoms with van der Waals surface area (Å²) < 4.78 is 0. The topological polar surface area (TPSA) is 65.5 Å². The van der Waals surface area contributed by atoms with Gasteiger partial charge in [0.15, 0.2) is 5.96 Å². The summed E-state index contributed by atoms with van der Waals surface area (Å²) in [6, 6.07) is 8.45. The maximum Gasteiger partial charge on any atom is 0.226 e. The fourth-order valence-corrected chi connectivity index (χ4v) is 2.91. The Labute approximate surface area is 174 Å². The minimum atomic E-state index is -0.0159. The molecular formula is C20H33IN4O. The first-order valence-electron chi connectivity index (χ1n) is 9.53. The highest BCUT2D eigenvalue weighted by atomic mass is 127. The average molecular weight is 472 g/mol. The van der Waals surface area contributed by atoms with Crippen LogP contribution in [0.15, 0.2) is 29.3 Å². The monoisotopic (exact) mass is 472 g/mol. The Balaban J connectivity index is 0.00000338. The molecule has 0 radical (unpaired) electrons. The van der Waals surface area contributed by atoms with Gasteiger partial charge in [0.1, 0.15) is 0 Å². The molecule has 26 heavy (non-hydrogen) atoms. The van der Waals surface area contributed by atoms with Crippen molar-refractivity contribution in [3.8, 4) is 0 Å². The zero-order valence-corrected chi connectivity index (χ0v) is 18.5. The molecule has 0 atom stereocenters. The fourth-order valence-electron chi connectivity index (χ4n) is 2.91. The average Bonchev–Trinajstić information content (AvgIpc) is 2.62. The summed E-state index contributed by atoms with van der Waals surface area (Å²) in [5, 5.41) is 9.80. The number of halogens is 1. The van der Waals surface area contributed by atoms with Crippen LogP contribution in [-0.2, 0) is 11.3 Å². The van der Waals surface area contributed by atoms with Crippen molar-refractivity contribution < 1.29 is 4.79 Å². The molecule has 3 N–H and O–H groups in total. The highest BCUT2D eigenvalue weighted by Crippen LogP contribution is 2.17. The lowest BCUT2D eigenvalue weighted by Gasteiger charge is -2.24. The molecule has 1 amide bonds. The van der Waals surface area contributed by atoms with E-state index in [4.69, 9.17) is 4.99 Å². The van der Waals surface area contributed by atoms with Gasteiger partial charge < -0.3 is 16.0 Å². The van der Waals surface area contributed by atoms with Crippen LogP contribution in [-0.4, -0.2) is 24.5 Å². The maximum absolute atomic E-state index is 11.7. The number of hydrogen-bond donors (Lipinski definition) is 3. The number of rotatable bonds is 6. The minimum absolute atomic E-state index is 0. The van der Waals surface area contributed by atoms with Gasteiger partial charge in [0.2, 0.25) is 5.91 Å². The smallest absolute Gasteiger partial charge is 0.226 e. The largest absolute Gasteiger partial charge is 0.357 e. The van der Waals surface area contributed by atoms with Crippen LogP contribution in [0.1, 0.15) is 58.4 Å². The van der Waals surface area contributed by atoms with Crippen LogP contribution < -0.4 is 16.0 Å². The van der Waals surface area contributed by atoms with Crippen LogP contribution >= 0.6 is 24.0 Å². The fraction of sp³-hybridized carbons (Fsp3) is 0.600. The highest BCUT2D eigenvalue weighted by Gasteiger charge is 2.14. The molecule has 0 saturated heterocycles. The summed E-state index contributed by atoms with van der Waals surface area (Å²) in [6.07, 6.45) is 6.43. The number of carbonyl (C=O) groups excluding carboxylic acids is 1. The molecule has 5 nitrogen and oxygen atoms in total. The first-order valence-corrected chi connectivity index (χ1v) is 9.53. The normalized spacial score (nSPS) is 15.3. The maximum atomic E-state index is 11.7. The van der Waals surface area contributed by atoms with Crippen LogP contribution in [0.25, 0.3) is 0 Å². The summed E-state index contributed by atoms with van der Waals surface area (Å²) in [5.74, 6) is 0.918. The third kappa shape index (κ3) is 7.93.